The second kappa shape index (κ2) is 6.80. The number of ether oxygens (including phenoxy) is 1. The van der Waals surface area contributed by atoms with E-state index in [1.807, 2.05) is 6.07 Å². The summed E-state index contributed by atoms with van der Waals surface area (Å²) >= 11 is 0. The Morgan fingerprint density at radius 1 is 1.40 bits per heavy atom. The Morgan fingerprint density at radius 3 is 2.88 bits per heavy atom. The van der Waals surface area contributed by atoms with Crippen LogP contribution in [0, 0.1) is 11.3 Å². The number of hydrogen-bond acceptors (Lipinski definition) is 8. The number of phenols is 1. The Bertz CT molecular complexity index is 932. The molecule has 0 fully saturated rings. The summed E-state index contributed by atoms with van der Waals surface area (Å²) in [4.78, 5) is 8.07. The molecule has 0 amide bonds. The van der Waals surface area contributed by atoms with Crippen LogP contribution in [0.3, 0.4) is 0 Å². The predicted molar refractivity (Wildman–Crippen MR) is 91.4 cm³/mol. The quantitative estimate of drug-likeness (QED) is 0.647. The summed E-state index contributed by atoms with van der Waals surface area (Å²) < 4.78 is 10.5. The SMILES string of the molecule is CCOc1nc(Nc2ccc(-c3cnco3)c(O)c2)cc(N)c1C#N. The molecule has 25 heavy (non-hydrogen) atoms. The number of nitriles is 1. The summed E-state index contributed by atoms with van der Waals surface area (Å²) in [5, 5.41) is 22.3. The van der Waals surface area contributed by atoms with Gasteiger partial charge in [-0.15, -0.1) is 0 Å². The van der Waals surface area contributed by atoms with Crippen LogP contribution in [0.2, 0.25) is 0 Å². The third kappa shape index (κ3) is 3.30. The van der Waals surface area contributed by atoms with Gasteiger partial charge < -0.3 is 25.3 Å². The van der Waals surface area contributed by atoms with Crippen molar-refractivity contribution in [1.29, 1.82) is 5.26 Å². The molecule has 4 N–H and O–H groups in total. The molecule has 3 rings (SSSR count). The minimum atomic E-state index is 0.0217. The lowest BCUT2D eigenvalue weighted by Gasteiger charge is -2.12. The van der Waals surface area contributed by atoms with Crippen LogP contribution in [-0.2, 0) is 0 Å². The van der Waals surface area contributed by atoms with Crippen molar-refractivity contribution in [3.8, 4) is 29.0 Å². The van der Waals surface area contributed by atoms with E-state index < -0.39 is 0 Å². The fourth-order valence-electron chi connectivity index (χ4n) is 2.27. The van der Waals surface area contributed by atoms with E-state index in [2.05, 4.69) is 15.3 Å². The second-order valence-corrected chi connectivity index (χ2v) is 5.04. The van der Waals surface area contributed by atoms with Crippen molar-refractivity contribution in [2.45, 2.75) is 6.92 Å². The first kappa shape index (κ1) is 16.1. The van der Waals surface area contributed by atoms with Gasteiger partial charge in [-0.2, -0.15) is 10.2 Å². The highest BCUT2D eigenvalue weighted by Crippen LogP contribution is 2.33. The van der Waals surface area contributed by atoms with Crippen molar-refractivity contribution in [3.05, 3.63) is 42.4 Å². The number of nitrogens with two attached hydrogens (primary N) is 1. The highest BCUT2D eigenvalue weighted by atomic mass is 16.5. The van der Waals surface area contributed by atoms with Crippen molar-refractivity contribution in [3.63, 3.8) is 0 Å². The van der Waals surface area contributed by atoms with Crippen LogP contribution in [0.25, 0.3) is 11.3 Å². The van der Waals surface area contributed by atoms with E-state index in [4.69, 9.17) is 20.1 Å². The van der Waals surface area contributed by atoms with E-state index in [1.165, 1.54) is 24.7 Å². The zero-order valence-corrected chi connectivity index (χ0v) is 13.4. The van der Waals surface area contributed by atoms with E-state index in [-0.39, 0.29) is 22.9 Å². The predicted octanol–water partition coefficient (Wildman–Crippen LogP) is 3.04. The molecule has 0 saturated carbocycles. The Labute approximate surface area is 143 Å². The number of oxazole rings is 1. The van der Waals surface area contributed by atoms with Crippen molar-refractivity contribution in [2.75, 3.05) is 17.7 Å². The van der Waals surface area contributed by atoms with Crippen molar-refractivity contribution in [1.82, 2.24) is 9.97 Å². The number of aromatic hydroxyl groups is 1. The smallest absolute Gasteiger partial charge is 0.235 e. The van der Waals surface area contributed by atoms with Crippen molar-refractivity contribution >= 4 is 17.2 Å². The maximum Gasteiger partial charge on any atom is 0.235 e. The third-order valence-electron chi connectivity index (χ3n) is 3.38. The largest absolute Gasteiger partial charge is 0.507 e. The van der Waals surface area contributed by atoms with Gasteiger partial charge in [-0.05, 0) is 19.1 Å². The van der Waals surface area contributed by atoms with Crippen molar-refractivity contribution < 1.29 is 14.3 Å². The number of nitrogens with one attached hydrogen (secondary N) is 1. The minimum absolute atomic E-state index is 0.0217. The fourth-order valence-corrected chi connectivity index (χ4v) is 2.27. The summed E-state index contributed by atoms with van der Waals surface area (Å²) in [7, 11) is 0. The summed E-state index contributed by atoms with van der Waals surface area (Å²) in [6.45, 7) is 2.15. The summed E-state index contributed by atoms with van der Waals surface area (Å²) in [5.41, 5.74) is 7.43. The molecule has 2 heterocycles. The van der Waals surface area contributed by atoms with Gasteiger partial charge in [-0.25, -0.2) is 4.98 Å². The third-order valence-corrected chi connectivity index (χ3v) is 3.38. The van der Waals surface area contributed by atoms with Gasteiger partial charge in [0.1, 0.15) is 23.2 Å². The molecule has 8 heteroatoms. The molecule has 0 aliphatic rings. The normalized spacial score (nSPS) is 10.2. The van der Waals surface area contributed by atoms with E-state index in [0.29, 0.717) is 29.4 Å². The van der Waals surface area contributed by atoms with Gasteiger partial charge in [0.2, 0.25) is 5.88 Å². The first-order chi connectivity index (χ1) is 12.1. The number of pyridine rings is 1. The number of benzene rings is 1. The van der Waals surface area contributed by atoms with E-state index in [1.54, 1.807) is 19.1 Å². The zero-order chi connectivity index (χ0) is 17.8. The Balaban J connectivity index is 1.90. The fraction of sp³-hybridized carbons (Fsp3) is 0.118. The first-order valence-corrected chi connectivity index (χ1v) is 7.44. The number of nitrogen functional groups attached to an aromatic ring is 1. The van der Waals surface area contributed by atoms with Crippen LogP contribution in [0.15, 0.2) is 41.3 Å². The van der Waals surface area contributed by atoms with Gasteiger partial charge in [-0.3, -0.25) is 0 Å². The minimum Gasteiger partial charge on any atom is -0.507 e. The van der Waals surface area contributed by atoms with E-state index in [0.717, 1.165) is 0 Å². The van der Waals surface area contributed by atoms with Gasteiger partial charge in [0, 0.05) is 17.8 Å². The topological polar surface area (TPSA) is 130 Å². The van der Waals surface area contributed by atoms with Gasteiger partial charge >= 0.3 is 0 Å². The van der Waals surface area contributed by atoms with E-state index in [9.17, 15) is 5.11 Å². The Morgan fingerprint density at radius 2 is 2.24 bits per heavy atom. The molecule has 1 aromatic carbocycles. The highest BCUT2D eigenvalue weighted by Gasteiger charge is 2.13. The molecular formula is C17H15N5O3. The van der Waals surface area contributed by atoms with Crippen molar-refractivity contribution in [2.24, 2.45) is 0 Å². The van der Waals surface area contributed by atoms with Crippen LogP contribution in [-0.4, -0.2) is 21.7 Å². The maximum absolute atomic E-state index is 10.2. The van der Waals surface area contributed by atoms with Crippen LogP contribution in [0.5, 0.6) is 11.6 Å². The summed E-state index contributed by atoms with van der Waals surface area (Å²) in [5.74, 6) is 1.04. The molecule has 0 bridgehead atoms. The standard InChI is InChI=1S/C17H15N5O3/c1-2-24-17-12(7-18)13(19)6-16(22-17)21-10-3-4-11(14(23)5-10)15-8-20-9-25-15/h3-6,8-9,23H,2H2,1H3,(H3,19,21,22). The van der Waals surface area contributed by atoms with Crippen LogP contribution in [0.1, 0.15) is 12.5 Å². The number of hydrogen-bond donors (Lipinski definition) is 3. The monoisotopic (exact) mass is 337 g/mol. The van der Waals surface area contributed by atoms with Crippen LogP contribution >= 0.6 is 0 Å². The van der Waals surface area contributed by atoms with Gasteiger partial charge in [0.15, 0.2) is 12.2 Å². The van der Waals surface area contributed by atoms with Gasteiger partial charge in [0.05, 0.1) is 24.1 Å². The molecule has 0 atom stereocenters. The lowest BCUT2D eigenvalue weighted by atomic mass is 10.1. The molecule has 0 aliphatic carbocycles. The number of phenolic OH excluding ortho intramolecular Hbond substituents is 1. The summed E-state index contributed by atoms with van der Waals surface area (Å²) in [6.07, 6.45) is 2.80. The molecule has 0 unspecified atom stereocenters. The number of aromatic nitrogens is 2. The zero-order valence-electron chi connectivity index (χ0n) is 13.4. The average Bonchev–Trinajstić information content (AvgIpc) is 3.09. The Hall–Kier alpha value is -3.73. The molecule has 0 radical (unpaired) electrons. The van der Waals surface area contributed by atoms with Crippen LogP contribution < -0.4 is 15.8 Å². The average molecular weight is 337 g/mol. The molecule has 2 aromatic heterocycles. The van der Waals surface area contributed by atoms with Gasteiger partial charge in [-0.1, -0.05) is 0 Å². The molecule has 3 aromatic rings. The molecular weight excluding hydrogens is 322 g/mol. The first-order valence-electron chi connectivity index (χ1n) is 7.44. The summed E-state index contributed by atoms with van der Waals surface area (Å²) in [6, 6.07) is 8.46. The van der Waals surface area contributed by atoms with Gasteiger partial charge in [0.25, 0.3) is 0 Å². The molecule has 8 nitrogen and oxygen atoms in total. The molecule has 126 valence electrons. The maximum atomic E-state index is 10.2. The second-order valence-electron chi connectivity index (χ2n) is 5.04. The van der Waals surface area contributed by atoms with E-state index >= 15 is 0 Å². The number of rotatable bonds is 5. The molecule has 0 spiro atoms. The number of anilines is 3. The highest BCUT2D eigenvalue weighted by molar-refractivity contribution is 5.72. The number of nitrogens with zero attached hydrogens (tertiary/aromatic N) is 3. The molecule has 0 aliphatic heterocycles. The lowest BCUT2D eigenvalue weighted by molar-refractivity contribution is 0.326. The lowest BCUT2D eigenvalue weighted by Crippen LogP contribution is -2.04. The molecule has 0 saturated heterocycles. The van der Waals surface area contributed by atoms with Crippen LogP contribution in [0.4, 0.5) is 17.2 Å². The Kier molecular flexibility index (Phi) is 4.39.